The topological polar surface area (TPSA) is 38.7 Å². The molecule has 0 spiro atoms. The van der Waals surface area contributed by atoms with E-state index in [1.54, 1.807) is 0 Å². The number of hydrogen-bond acceptors (Lipinski definition) is 3. The molecule has 0 aromatic heterocycles. The van der Waals surface area contributed by atoms with Crippen LogP contribution >= 0.6 is 0 Å². The lowest BCUT2D eigenvalue weighted by molar-refractivity contribution is -0.0500. The minimum atomic E-state index is -0.623. The molecule has 1 aromatic rings. The van der Waals surface area contributed by atoms with Gasteiger partial charge in [-0.25, -0.2) is 0 Å². The summed E-state index contributed by atoms with van der Waals surface area (Å²) in [5.74, 6) is 0.845. The maximum absolute atomic E-state index is 10.1. The first-order chi connectivity index (χ1) is 7.97. The number of hydrogen-bond donors (Lipinski definition) is 1. The fraction of sp³-hybridized carbons (Fsp3) is 0.571. The monoisotopic (exact) mass is 236 g/mol. The van der Waals surface area contributed by atoms with Crippen molar-refractivity contribution in [3.8, 4) is 5.75 Å². The minimum absolute atomic E-state index is 0.236. The molecule has 17 heavy (non-hydrogen) atoms. The van der Waals surface area contributed by atoms with Crippen molar-refractivity contribution in [2.75, 3.05) is 13.2 Å². The first-order valence-electron chi connectivity index (χ1n) is 6.04. The Bertz CT molecular complexity index is 393. The molecule has 0 fully saturated rings. The van der Waals surface area contributed by atoms with Crippen molar-refractivity contribution < 1.29 is 14.6 Å². The second-order valence-electron chi connectivity index (χ2n) is 5.37. The highest BCUT2D eigenvalue weighted by atomic mass is 16.5. The number of para-hydroxylation sites is 1. The van der Waals surface area contributed by atoms with Crippen molar-refractivity contribution >= 4 is 0 Å². The molecule has 0 amide bonds. The first-order valence-corrected chi connectivity index (χ1v) is 6.04. The zero-order valence-electron chi connectivity index (χ0n) is 10.7. The Morgan fingerprint density at radius 1 is 1.41 bits per heavy atom. The molecule has 0 bridgehead atoms. The molecule has 1 aromatic carbocycles. The van der Waals surface area contributed by atoms with Gasteiger partial charge < -0.3 is 14.6 Å². The average Bonchev–Trinajstić information content (AvgIpc) is 2.72. The molecule has 0 aliphatic carbocycles. The Morgan fingerprint density at radius 3 is 2.88 bits per heavy atom. The molecule has 2 rings (SSSR count). The van der Waals surface area contributed by atoms with Gasteiger partial charge in [0.2, 0.25) is 0 Å². The van der Waals surface area contributed by atoms with E-state index in [0.29, 0.717) is 13.2 Å². The fourth-order valence-electron chi connectivity index (χ4n) is 1.92. The van der Waals surface area contributed by atoms with E-state index in [1.807, 2.05) is 39.0 Å². The molecule has 3 heteroatoms. The summed E-state index contributed by atoms with van der Waals surface area (Å²) in [6.45, 7) is 6.94. The summed E-state index contributed by atoms with van der Waals surface area (Å²) in [4.78, 5) is 0. The van der Waals surface area contributed by atoms with Crippen molar-refractivity contribution in [3.63, 3.8) is 0 Å². The molecule has 0 radical (unpaired) electrons. The van der Waals surface area contributed by atoms with E-state index in [1.165, 1.54) is 5.56 Å². The standard InChI is InChI=1S/C14H20O3/c1-14(2,3)17-9-12(15)11-6-4-5-10-7-8-16-13(10)11/h4-6,12,15H,7-9H2,1-3H3. The van der Waals surface area contributed by atoms with E-state index in [9.17, 15) is 5.11 Å². The van der Waals surface area contributed by atoms with E-state index in [4.69, 9.17) is 9.47 Å². The highest BCUT2D eigenvalue weighted by Crippen LogP contribution is 2.33. The molecule has 0 saturated carbocycles. The number of rotatable bonds is 3. The SMILES string of the molecule is CC(C)(C)OCC(O)c1cccc2c1OCC2. The van der Waals surface area contributed by atoms with Gasteiger partial charge in [0.1, 0.15) is 11.9 Å². The highest BCUT2D eigenvalue weighted by molar-refractivity contribution is 5.45. The zero-order chi connectivity index (χ0) is 12.5. The molecule has 1 unspecified atom stereocenters. The van der Waals surface area contributed by atoms with Crippen LogP contribution in [0.1, 0.15) is 38.0 Å². The molecule has 94 valence electrons. The Morgan fingerprint density at radius 2 is 2.18 bits per heavy atom. The average molecular weight is 236 g/mol. The molecule has 1 aliphatic heterocycles. The lowest BCUT2D eigenvalue weighted by atomic mass is 10.0. The maximum atomic E-state index is 10.1. The summed E-state index contributed by atoms with van der Waals surface area (Å²) in [6, 6.07) is 5.91. The smallest absolute Gasteiger partial charge is 0.128 e. The van der Waals surface area contributed by atoms with Crippen molar-refractivity contribution in [2.24, 2.45) is 0 Å². The summed E-state index contributed by atoms with van der Waals surface area (Å²) >= 11 is 0. The van der Waals surface area contributed by atoms with Gasteiger partial charge in [-0.05, 0) is 26.3 Å². The van der Waals surface area contributed by atoms with Crippen molar-refractivity contribution in [1.29, 1.82) is 0 Å². The van der Waals surface area contributed by atoms with Gasteiger partial charge in [0, 0.05) is 12.0 Å². The minimum Gasteiger partial charge on any atom is -0.493 e. The summed E-state index contributed by atoms with van der Waals surface area (Å²) in [5.41, 5.74) is 1.78. The first kappa shape index (κ1) is 12.4. The zero-order valence-corrected chi connectivity index (χ0v) is 10.7. The van der Waals surface area contributed by atoms with Crippen LogP contribution < -0.4 is 4.74 Å². The van der Waals surface area contributed by atoms with Gasteiger partial charge in [-0.2, -0.15) is 0 Å². The van der Waals surface area contributed by atoms with Crippen LogP contribution in [0.15, 0.2) is 18.2 Å². The van der Waals surface area contributed by atoms with E-state index < -0.39 is 6.10 Å². The van der Waals surface area contributed by atoms with E-state index in [-0.39, 0.29) is 5.60 Å². The predicted octanol–water partition coefficient (Wildman–Crippen LogP) is 2.47. The van der Waals surface area contributed by atoms with Crippen molar-refractivity contribution in [3.05, 3.63) is 29.3 Å². The van der Waals surface area contributed by atoms with Gasteiger partial charge in [-0.3, -0.25) is 0 Å². The number of ether oxygens (including phenoxy) is 2. The van der Waals surface area contributed by atoms with Crippen LogP contribution in [0.5, 0.6) is 5.75 Å². The Hall–Kier alpha value is -1.06. The van der Waals surface area contributed by atoms with Crippen molar-refractivity contribution in [1.82, 2.24) is 0 Å². The quantitative estimate of drug-likeness (QED) is 0.876. The van der Waals surface area contributed by atoms with Crippen LogP contribution in [0.2, 0.25) is 0 Å². The summed E-state index contributed by atoms with van der Waals surface area (Å²) in [6.07, 6.45) is 0.304. The van der Waals surface area contributed by atoms with Gasteiger partial charge in [0.15, 0.2) is 0 Å². The second-order valence-corrected chi connectivity index (χ2v) is 5.37. The normalized spacial score (nSPS) is 16.5. The van der Waals surface area contributed by atoms with Gasteiger partial charge in [0.25, 0.3) is 0 Å². The molecular formula is C14H20O3. The fourth-order valence-corrected chi connectivity index (χ4v) is 1.92. The molecule has 1 heterocycles. The number of aliphatic hydroxyl groups excluding tert-OH is 1. The van der Waals surface area contributed by atoms with E-state index in [2.05, 4.69) is 0 Å². The van der Waals surface area contributed by atoms with Crippen LogP contribution in [0.4, 0.5) is 0 Å². The van der Waals surface area contributed by atoms with Crippen LogP contribution in [-0.2, 0) is 11.2 Å². The molecule has 1 N–H and O–H groups in total. The molecule has 1 atom stereocenters. The van der Waals surface area contributed by atoms with E-state index >= 15 is 0 Å². The van der Waals surface area contributed by atoms with Gasteiger partial charge in [0.05, 0.1) is 18.8 Å². The third kappa shape index (κ3) is 2.99. The van der Waals surface area contributed by atoms with Crippen LogP contribution in [0, 0.1) is 0 Å². The van der Waals surface area contributed by atoms with Crippen LogP contribution in [0.3, 0.4) is 0 Å². The lowest BCUT2D eigenvalue weighted by Gasteiger charge is -2.22. The van der Waals surface area contributed by atoms with Crippen LogP contribution in [-0.4, -0.2) is 23.9 Å². The molecule has 1 aliphatic rings. The summed E-state index contributed by atoms with van der Waals surface area (Å²) in [7, 11) is 0. The Labute approximate surface area is 102 Å². The van der Waals surface area contributed by atoms with Crippen molar-refractivity contribution in [2.45, 2.75) is 38.9 Å². The number of fused-ring (bicyclic) bond motifs is 1. The Balaban J connectivity index is 2.10. The van der Waals surface area contributed by atoms with Gasteiger partial charge in [-0.15, -0.1) is 0 Å². The predicted molar refractivity (Wildman–Crippen MR) is 66.3 cm³/mol. The van der Waals surface area contributed by atoms with Gasteiger partial charge in [-0.1, -0.05) is 18.2 Å². The maximum Gasteiger partial charge on any atom is 0.128 e. The summed E-state index contributed by atoms with van der Waals surface area (Å²) < 4.78 is 11.2. The van der Waals surface area contributed by atoms with Crippen LogP contribution in [0.25, 0.3) is 0 Å². The third-order valence-corrected chi connectivity index (χ3v) is 2.78. The molecule has 3 nitrogen and oxygen atoms in total. The highest BCUT2D eigenvalue weighted by Gasteiger charge is 2.22. The number of benzene rings is 1. The Kier molecular flexibility index (Phi) is 3.40. The lowest BCUT2D eigenvalue weighted by Crippen LogP contribution is -2.22. The molecular weight excluding hydrogens is 216 g/mol. The second kappa shape index (κ2) is 4.67. The largest absolute Gasteiger partial charge is 0.493 e. The van der Waals surface area contributed by atoms with E-state index in [0.717, 1.165) is 17.7 Å². The van der Waals surface area contributed by atoms with Gasteiger partial charge >= 0.3 is 0 Å². The third-order valence-electron chi connectivity index (χ3n) is 2.78. The number of aliphatic hydroxyl groups is 1. The summed E-state index contributed by atoms with van der Waals surface area (Å²) in [5, 5.41) is 10.1. The molecule has 0 saturated heterocycles.